The van der Waals surface area contributed by atoms with E-state index in [1.165, 1.54) is 37.2 Å². The molecular formula is C15H21N3. The average molecular weight is 243 g/mol. The van der Waals surface area contributed by atoms with Crippen molar-refractivity contribution in [2.45, 2.75) is 39.2 Å². The van der Waals surface area contributed by atoms with Crippen molar-refractivity contribution >= 4 is 5.65 Å². The van der Waals surface area contributed by atoms with Gasteiger partial charge in [-0.1, -0.05) is 19.4 Å². The van der Waals surface area contributed by atoms with Gasteiger partial charge in [0.1, 0.15) is 5.65 Å². The first-order valence-corrected chi connectivity index (χ1v) is 6.98. The van der Waals surface area contributed by atoms with Crippen molar-refractivity contribution in [1.29, 1.82) is 0 Å². The van der Waals surface area contributed by atoms with Crippen molar-refractivity contribution in [3.63, 3.8) is 0 Å². The Balaban J connectivity index is 2.00. The molecule has 0 bridgehead atoms. The van der Waals surface area contributed by atoms with Crippen LogP contribution in [0.3, 0.4) is 0 Å². The molecule has 3 heteroatoms. The average Bonchev–Trinajstić information content (AvgIpc) is 2.84. The highest BCUT2D eigenvalue weighted by atomic mass is 15.2. The molecule has 0 N–H and O–H groups in total. The Hall–Kier alpha value is -1.35. The van der Waals surface area contributed by atoms with Gasteiger partial charge in [0, 0.05) is 11.9 Å². The summed E-state index contributed by atoms with van der Waals surface area (Å²) < 4.78 is 2.21. The summed E-state index contributed by atoms with van der Waals surface area (Å²) in [4.78, 5) is 7.37. The van der Waals surface area contributed by atoms with Crippen molar-refractivity contribution in [3.8, 4) is 0 Å². The Bertz CT molecular complexity index is 544. The Morgan fingerprint density at radius 2 is 2.22 bits per heavy atom. The minimum absolute atomic E-state index is 0.517. The number of fused-ring (bicyclic) bond motifs is 1. The van der Waals surface area contributed by atoms with E-state index in [0.29, 0.717) is 6.04 Å². The molecule has 3 rings (SSSR count). The molecule has 0 aliphatic carbocycles. The Kier molecular flexibility index (Phi) is 3.08. The highest BCUT2D eigenvalue weighted by Crippen LogP contribution is 2.30. The van der Waals surface area contributed by atoms with Crippen molar-refractivity contribution in [2.24, 2.45) is 0 Å². The van der Waals surface area contributed by atoms with Gasteiger partial charge in [0.25, 0.3) is 0 Å². The van der Waals surface area contributed by atoms with Crippen LogP contribution < -0.4 is 0 Å². The molecule has 0 amide bonds. The number of aromatic nitrogens is 2. The lowest BCUT2D eigenvalue weighted by Gasteiger charge is -2.33. The van der Waals surface area contributed by atoms with Crippen LogP contribution in [0.2, 0.25) is 0 Å². The van der Waals surface area contributed by atoms with Gasteiger partial charge in [-0.3, -0.25) is 4.90 Å². The van der Waals surface area contributed by atoms with Crippen LogP contribution in [0.5, 0.6) is 0 Å². The van der Waals surface area contributed by atoms with Crippen LogP contribution in [-0.4, -0.2) is 27.4 Å². The molecular weight excluding hydrogens is 222 g/mol. The van der Waals surface area contributed by atoms with Gasteiger partial charge in [-0.25, -0.2) is 4.98 Å². The summed E-state index contributed by atoms with van der Waals surface area (Å²) in [6, 6.07) is 6.83. The molecule has 0 saturated carbocycles. The van der Waals surface area contributed by atoms with E-state index in [1.54, 1.807) is 0 Å². The fraction of sp³-hybridized carbons (Fsp3) is 0.533. The lowest BCUT2D eigenvalue weighted by molar-refractivity contribution is 0.154. The first-order chi connectivity index (χ1) is 8.79. The van der Waals surface area contributed by atoms with Crippen molar-refractivity contribution in [1.82, 2.24) is 14.3 Å². The van der Waals surface area contributed by atoms with Crippen LogP contribution >= 0.6 is 0 Å². The highest BCUT2D eigenvalue weighted by Gasteiger charge is 2.24. The quantitative estimate of drug-likeness (QED) is 0.807. The van der Waals surface area contributed by atoms with Crippen LogP contribution in [0.25, 0.3) is 5.65 Å². The summed E-state index contributed by atoms with van der Waals surface area (Å²) in [5.41, 5.74) is 3.57. The van der Waals surface area contributed by atoms with Gasteiger partial charge in [0.15, 0.2) is 0 Å². The zero-order valence-corrected chi connectivity index (χ0v) is 11.3. The molecule has 96 valence electrons. The van der Waals surface area contributed by atoms with Crippen molar-refractivity contribution < 1.29 is 0 Å². The lowest BCUT2D eigenvalue weighted by Crippen LogP contribution is -2.33. The number of nitrogens with zero attached hydrogens (tertiary/aromatic N) is 3. The van der Waals surface area contributed by atoms with E-state index in [2.05, 4.69) is 47.5 Å². The lowest BCUT2D eigenvalue weighted by atomic mass is 10.00. The maximum absolute atomic E-state index is 4.82. The van der Waals surface area contributed by atoms with Crippen molar-refractivity contribution in [3.05, 3.63) is 35.8 Å². The second kappa shape index (κ2) is 4.73. The first kappa shape index (κ1) is 11.7. The van der Waals surface area contributed by atoms with Crippen LogP contribution in [0.15, 0.2) is 24.4 Å². The minimum atomic E-state index is 0.517. The number of rotatable bonds is 2. The number of pyridine rings is 1. The summed E-state index contributed by atoms with van der Waals surface area (Å²) in [6.07, 6.45) is 6.13. The van der Waals surface area contributed by atoms with Gasteiger partial charge in [-0.15, -0.1) is 0 Å². The smallest absolute Gasteiger partial charge is 0.137 e. The third-order valence-corrected chi connectivity index (χ3v) is 4.08. The van der Waals surface area contributed by atoms with E-state index >= 15 is 0 Å². The number of aryl methyl sites for hydroxylation is 1. The van der Waals surface area contributed by atoms with Crippen molar-refractivity contribution in [2.75, 3.05) is 13.1 Å². The SMILES string of the molecule is CCN1CCCCC1c1cn2c(C)cccc2n1. The predicted molar refractivity (Wildman–Crippen MR) is 73.8 cm³/mol. The van der Waals surface area contributed by atoms with E-state index in [4.69, 9.17) is 4.98 Å². The molecule has 2 aromatic heterocycles. The molecule has 0 spiro atoms. The van der Waals surface area contributed by atoms with Gasteiger partial charge in [0.05, 0.1) is 11.7 Å². The number of piperidine rings is 1. The summed E-state index contributed by atoms with van der Waals surface area (Å²) in [5.74, 6) is 0. The Morgan fingerprint density at radius 3 is 3.00 bits per heavy atom. The largest absolute Gasteiger partial charge is 0.304 e. The van der Waals surface area contributed by atoms with Crippen LogP contribution in [-0.2, 0) is 0 Å². The zero-order valence-electron chi connectivity index (χ0n) is 11.3. The van der Waals surface area contributed by atoms with Crippen LogP contribution in [0, 0.1) is 6.92 Å². The third-order valence-electron chi connectivity index (χ3n) is 4.08. The predicted octanol–water partition coefficient (Wildman–Crippen LogP) is 3.19. The maximum Gasteiger partial charge on any atom is 0.137 e. The van der Waals surface area contributed by atoms with E-state index < -0.39 is 0 Å². The number of imidazole rings is 1. The minimum Gasteiger partial charge on any atom is -0.304 e. The number of hydrogen-bond acceptors (Lipinski definition) is 2. The molecule has 3 heterocycles. The van der Waals surface area contributed by atoms with Gasteiger partial charge >= 0.3 is 0 Å². The van der Waals surface area contributed by atoms with E-state index in [-0.39, 0.29) is 0 Å². The topological polar surface area (TPSA) is 20.5 Å². The number of hydrogen-bond donors (Lipinski definition) is 0. The van der Waals surface area contributed by atoms with Gasteiger partial charge in [-0.05, 0) is 45.0 Å². The fourth-order valence-corrected chi connectivity index (χ4v) is 3.03. The molecule has 2 aromatic rings. The van der Waals surface area contributed by atoms with Crippen LogP contribution in [0.1, 0.15) is 43.6 Å². The molecule has 0 radical (unpaired) electrons. The number of likely N-dealkylation sites (tertiary alicyclic amines) is 1. The maximum atomic E-state index is 4.82. The molecule has 18 heavy (non-hydrogen) atoms. The van der Waals surface area contributed by atoms with Gasteiger partial charge in [0.2, 0.25) is 0 Å². The third kappa shape index (κ3) is 1.93. The molecule has 1 aliphatic heterocycles. The Morgan fingerprint density at radius 1 is 1.33 bits per heavy atom. The van der Waals surface area contributed by atoms with Crippen LogP contribution in [0.4, 0.5) is 0 Å². The molecule has 1 saturated heterocycles. The monoisotopic (exact) mass is 243 g/mol. The van der Waals surface area contributed by atoms with Gasteiger partial charge in [-0.2, -0.15) is 0 Å². The van der Waals surface area contributed by atoms with Gasteiger partial charge < -0.3 is 4.40 Å². The molecule has 3 nitrogen and oxygen atoms in total. The normalized spacial score (nSPS) is 21.6. The summed E-state index contributed by atoms with van der Waals surface area (Å²) >= 11 is 0. The molecule has 1 unspecified atom stereocenters. The van der Waals surface area contributed by atoms with E-state index in [0.717, 1.165) is 12.2 Å². The second-order valence-electron chi connectivity index (χ2n) is 5.20. The fourth-order valence-electron chi connectivity index (χ4n) is 3.03. The highest BCUT2D eigenvalue weighted by molar-refractivity contribution is 5.42. The summed E-state index contributed by atoms with van der Waals surface area (Å²) in [5, 5.41) is 0. The molecule has 0 aromatic carbocycles. The summed E-state index contributed by atoms with van der Waals surface area (Å²) in [6.45, 7) is 6.72. The van der Waals surface area contributed by atoms with E-state index in [9.17, 15) is 0 Å². The molecule has 1 fully saturated rings. The summed E-state index contributed by atoms with van der Waals surface area (Å²) in [7, 11) is 0. The molecule has 1 aliphatic rings. The Labute approximate surface area is 108 Å². The molecule has 1 atom stereocenters. The standard InChI is InChI=1S/C15H21N3/c1-3-17-10-5-4-8-14(17)13-11-18-12(2)7-6-9-15(18)16-13/h6-7,9,11,14H,3-5,8,10H2,1-2H3. The van der Waals surface area contributed by atoms with E-state index in [1.807, 2.05) is 0 Å². The zero-order chi connectivity index (χ0) is 12.5. The second-order valence-corrected chi connectivity index (χ2v) is 5.20. The first-order valence-electron chi connectivity index (χ1n) is 6.98.